The van der Waals surface area contributed by atoms with E-state index in [0.717, 1.165) is 161 Å². The van der Waals surface area contributed by atoms with E-state index in [1.54, 1.807) is 0 Å². The summed E-state index contributed by atoms with van der Waals surface area (Å²) in [4.78, 5) is 38.3. The van der Waals surface area contributed by atoms with E-state index < -0.39 is 6.10 Å². The van der Waals surface area contributed by atoms with Gasteiger partial charge in [-0.2, -0.15) is 0 Å². The van der Waals surface area contributed by atoms with Crippen LogP contribution in [-0.4, -0.2) is 37.2 Å². The fraction of sp³-hybridized carbons (Fsp3) is 0.653. The van der Waals surface area contributed by atoms with Gasteiger partial charge in [0, 0.05) is 19.3 Å². The number of allylic oxidation sites excluding steroid dienone is 22. The molecule has 78 heavy (non-hydrogen) atoms. The summed E-state index contributed by atoms with van der Waals surface area (Å²) >= 11 is 0. The first-order chi connectivity index (χ1) is 38.5. The van der Waals surface area contributed by atoms with E-state index in [2.05, 4.69) is 154 Å². The van der Waals surface area contributed by atoms with E-state index in [1.165, 1.54) is 83.5 Å². The van der Waals surface area contributed by atoms with Crippen LogP contribution >= 0.6 is 0 Å². The normalized spacial score (nSPS) is 13.0. The minimum atomic E-state index is -0.801. The van der Waals surface area contributed by atoms with Gasteiger partial charge in [-0.05, 0) is 135 Å². The Labute approximate surface area is 481 Å². The lowest BCUT2D eigenvalue weighted by Crippen LogP contribution is -2.30. The maximum absolute atomic E-state index is 12.9. The fourth-order valence-electron chi connectivity index (χ4n) is 8.61. The van der Waals surface area contributed by atoms with Crippen LogP contribution in [0.2, 0.25) is 0 Å². The third-order valence-electron chi connectivity index (χ3n) is 13.4. The first-order valence-corrected chi connectivity index (χ1v) is 32.2. The molecule has 0 radical (unpaired) electrons. The molecule has 0 aliphatic heterocycles. The van der Waals surface area contributed by atoms with Gasteiger partial charge in [0.05, 0.1) is 0 Å². The van der Waals surface area contributed by atoms with Crippen LogP contribution in [0.25, 0.3) is 0 Å². The highest BCUT2D eigenvalue weighted by Crippen LogP contribution is 2.15. The van der Waals surface area contributed by atoms with Gasteiger partial charge in [-0.3, -0.25) is 14.4 Å². The minimum Gasteiger partial charge on any atom is -0.462 e. The molecule has 442 valence electrons. The second kappa shape index (κ2) is 65.1. The third-order valence-corrected chi connectivity index (χ3v) is 13.4. The van der Waals surface area contributed by atoms with Crippen LogP contribution in [0.1, 0.15) is 284 Å². The second-order valence-corrected chi connectivity index (χ2v) is 20.9. The molecular formula is C72H118O6. The summed E-state index contributed by atoms with van der Waals surface area (Å²) in [6, 6.07) is 0. The second-order valence-electron chi connectivity index (χ2n) is 20.9. The van der Waals surface area contributed by atoms with Gasteiger partial charge in [0.15, 0.2) is 6.10 Å². The van der Waals surface area contributed by atoms with E-state index in [4.69, 9.17) is 14.2 Å². The first kappa shape index (κ1) is 73.5. The lowest BCUT2D eigenvalue weighted by molar-refractivity contribution is -0.167. The molecule has 1 atom stereocenters. The Bertz CT molecular complexity index is 1670. The molecule has 0 aliphatic rings. The first-order valence-electron chi connectivity index (χ1n) is 32.2. The van der Waals surface area contributed by atoms with Crippen LogP contribution in [-0.2, 0) is 28.6 Å². The molecule has 0 rings (SSSR count). The third kappa shape index (κ3) is 62.4. The summed E-state index contributed by atoms with van der Waals surface area (Å²) in [7, 11) is 0. The van der Waals surface area contributed by atoms with E-state index in [-0.39, 0.29) is 31.1 Å². The van der Waals surface area contributed by atoms with Gasteiger partial charge in [0.25, 0.3) is 0 Å². The topological polar surface area (TPSA) is 78.9 Å². The lowest BCUT2D eigenvalue weighted by atomic mass is 10.1. The van der Waals surface area contributed by atoms with Crippen molar-refractivity contribution in [2.45, 2.75) is 290 Å². The highest BCUT2D eigenvalue weighted by molar-refractivity contribution is 5.71. The number of rotatable bonds is 57. The van der Waals surface area contributed by atoms with Gasteiger partial charge in [-0.1, -0.05) is 264 Å². The van der Waals surface area contributed by atoms with Gasteiger partial charge < -0.3 is 14.2 Å². The summed E-state index contributed by atoms with van der Waals surface area (Å²) in [6.07, 6.45) is 91.6. The molecule has 0 saturated carbocycles. The molecule has 0 spiro atoms. The van der Waals surface area contributed by atoms with Crippen LogP contribution in [0.4, 0.5) is 0 Å². The molecule has 6 heteroatoms. The monoisotopic (exact) mass is 1080 g/mol. The van der Waals surface area contributed by atoms with Crippen molar-refractivity contribution in [1.29, 1.82) is 0 Å². The van der Waals surface area contributed by atoms with E-state index >= 15 is 0 Å². The average molecular weight is 1080 g/mol. The number of hydrogen-bond acceptors (Lipinski definition) is 6. The Morgan fingerprint density at radius 1 is 0.269 bits per heavy atom. The van der Waals surface area contributed by atoms with Crippen LogP contribution in [0.3, 0.4) is 0 Å². The Balaban J connectivity index is 4.42. The fourth-order valence-corrected chi connectivity index (χ4v) is 8.61. The van der Waals surface area contributed by atoms with Crippen LogP contribution in [0, 0.1) is 0 Å². The minimum absolute atomic E-state index is 0.0952. The van der Waals surface area contributed by atoms with Crippen molar-refractivity contribution in [2.75, 3.05) is 13.2 Å². The molecule has 0 aliphatic carbocycles. The molecule has 0 aromatic rings. The molecule has 0 fully saturated rings. The molecule has 0 heterocycles. The van der Waals surface area contributed by atoms with Gasteiger partial charge in [0.1, 0.15) is 13.2 Å². The maximum atomic E-state index is 12.9. The van der Waals surface area contributed by atoms with Crippen LogP contribution in [0.5, 0.6) is 0 Å². The van der Waals surface area contributed by atoms with Crippen LogP contribution < -0.4 is 0 Å². The van der Waals surface area contributed by atoms with Crippen molar-refractivity contribution in [3.63, 3.8) is 0 Å². The van der Waals surface area contributed by atoms with Crippen molar-refractivity contribution in [3.05, 3.63) is 134 Å². The number of ether oxygens (including phenoxy) is 3. The zero-order valence-electron chi connectivity index (χ0n) is 50.6. The van der Waals surface area contributed by atoms with E-state index in [1.807, 2.05) is 0 Å². The summed E-state index contributed by atoms with van der Waals surface area (Å²) in [5.41, 5.74) is 0. The zero-order valence-corrected chi connectivity index (χ0v) is 50.6. The van der Waals surface area contributed by atoms with Crippen molar-refractivity contribution >= 4 is 17.9 Å². The van der Waals surface area contributed by atoms with Crippen molar-refractivity contribution in [1.82, 2.24) is 0 Å². The predicted molar refractivity (Wildman–Crippen MR) is 339 cm³/mol. The summed E-state index contributed by atoms with van der Waals surface area (Å²) in [5.74, 6) is -0.925. The molecule has 0 saturated heterocycles. The van der Waals surface area contributed by atoms with E-state index in [0.29, 0.717) is 19.3 Å². The zero-order chi connectivity index (χ0) is 56.4. The number of esters is 3. The molecule has 1 unspecified atom stereocenters. The molecule has 0 amide bonds. The highest BCUT2D eigenvalue weighted by Gasteiger charge is 2.19. The van der Waals surface area contributed by atoms with Crippen LogP contribution in [0.15, 0.2) is 134 Å². The molecule has 6 nitrogen and oxygen atoms in total. The van der Waals surface area contributed by atoms with Gasteiger partial charge in [0.2, 0.25) is 0 Å². The number of unbranched alkanes of at least 4 members (excludes halogenated alkanes) is 24. The molecule has 0 bridgehead atoms. The van der Waals surface area contributed by atoms with Gasteiger partial charge in [-0.15, -0.1) is 0 Å². The summed E-state index contributed by atoms with van der Waals surface area (Å²) < 4.78 is 16.9. The number of carbonyl (C=O) groups is 3. The maximum Gasteiger partial charge on any atom is 0.306 e. The molecule has 0 aromatic carbocycles. The largest absolute Gasteiger partial charge is 0.462 e. The lowest BCUT2D eigenvalue weighted by Gasteiger charge is -2.18. The molecule has 0 N–H and O–H groups in total. The molecule has 0 aromatic heterocycles. The standard InChI is InChI=1S/C72H118O6/c1-4-7-10-13-16-19-22-25-28-30-32-34-35-36-37-39-40-42-44-47-50-53-56-59-62-65-71(74)77-68-69(67-76-70(73)64-61-58-55-52-49-46-27-24-21-18-15-12-9-6-3)78-72(75)66-63-60-57-54-51-48-45-43-41-38-33-31-29-26-23-20-17-14-11-8-5-2/h7-8,10-11,16-17,19-20,24-29,32-34,36-38,43,45,69H,4-6,9,12-15,18,21-23,30-31,35,39-42,44,46-68H2,1-3H3/b10-7-,11-8-,19-16-,20-17-,27-24-,28-25-,29-26-,34-32-,37-36-,38-33-,45-43-. The summed E-state index contributed by atoms with van der Waals surface area (Å²) in [5, 5.41) is 0. The Morgan fingerprint density at radius 2 is 0.500 bits per heavy atom. The van der Waals surface area contributed by atoms with Gasteiger partial charge >= 0.3 is 17.9 Å². The number of carbonyl (C=O) groups excluding carboxylic acids is 3. The highest BCUT2D eigenvalue weighted by atomic mass is 16.6. The SMILES string of the molecule is CC/C=C\C/C=C\C/C=C\C/C=C\C/C=C\CCCCCCCCCCCC(=O)OCC(COC(=O)CCCCCCC/C=C\CCCCCCC)OC(=O)CCCCCCC/C=C\C/C=C\C/C=C\C/C=C\C/C=C\CC. The summed E-state index contributed by atoms with van der Waals surface area (Å²) in [6.45, 7) is 6.39. The number of hydrogen-bond donors (Lipinski definition) is 0. The van der Waals surface area contributed by atoms with E-state index in [9.17, 15) is 14.4 Å². The Morgan fingerprint density at radius 3 is 0.795 bits per heavy atom. The van der Waals surface area contributed by atoms with Crippen molar-refractivity contribution in [3.8, 4) is 0 Å². The Hall–Kier alpha value is -4.45. The van der Waals surface area contributed by atoms with Crippen molar-refractivity contribution in [2.24, 2.45) is 0 Å². The van der Waals surface area contributed by atoms with Crippen molar-refractivity contribution < 1.29 is 28.6 Å². The van der Waals surface area contributed by atoms with Gasteiger partial charge in [-0.25, -0.2) is 0 Å². The predicted octanol–water partition coefficient (Wildman–Crippen LogP) is 22.2. The smallest absolute Gasteiger partial charge is 0.306 e. The average Bonchev–Trinajstić information content (AvgIpc) is 3.44. The quantitative estimate of drug-likeness (QED) is 0.0261. The molecular weight excluding hydrogens is 961 g/mol. The Kier molecular flexibility index (Phi) is 61.4.